The highest BCUT2D eigenvalue weighted by molar-refractivity contribution is 5.96. The molecule has 0 atom stereocenters. The summed E-state index contributed by atoms with van der Waals surface area (Å²) >= 11 is 0. The standard InChI is InChI=1S/C47H37N3/c48-26-25-39(35-19-17-33-29-37(23-21-31(33)27-35)49-44-13-5-1-9-40(44)41-10-2-6-14-45(41)49)36-20-18-34-30-38(24-22-32(34)28-36)50-46-15-7-3-11-42(46)43-12-4-8-16-47(43)50/h1,3,5,7,9,11,13,15,17-25,27-30H,2,4,6,8,10,12,14,16H2. The maximum absolute atomic E-state index is 9.90. The maximum atomic E-state index is 9.90. The molecule has 2 aromatic heterocycles. The van der Waals surface area contributed by atoms with Gasteiger partial charge in [0.2, 0.25) is 0 Å². The second-order valence-electron chi connectivity index (χ2n) is 14.1. The third-order valence-electron chi connectivity index (χ3n) is 11.4. The summed E-state index contributed by atoms with van der Waals surface area (Å²) < 4.78 is 4.98. The van der Waals surface area contributed by atoms with E-state index in [1.54, 1.807) is 6.08 Å². The average Bonchev–Trinajstić information content (AvgIpc) is 3.69. The molecule has 0 aliphatic heterocycles. The van der Waals surface area contributed by atoms with Crippen LogP contribution in [0.1, 0.15) is 59.3 Å². The third kappa shape index (κ3) is 4.56. The Kier molecular flexibility index (Phi) is 6.78. The summed E-state index contributed by atoms with van der Waals surface area (Å²) in [7, 11) is 0. The van der Waals surface area contributed by atoms with Gasteiger partial charge in [0.25, 0.3) is 0 Å². The lowest BCUT2D eigenvalue weighted by Crippen LogP contribution is -2.06. The Morgan fingerprint density at radius 2 is 0.940 bits per heavy atom. The van der Waals surface area contributed by atoms with Crippen molar-refractivity contribution < 1.29 is 0 Å². The fourth-order valence-electron chi connectivity index (χ4n) is 9.06. The number of aryl methyl sites for hydroxylation is 2. The van der Waals surface area contributed by atoms with Crippen molar-refractivity contribution in [3.8, 4) is 17.4 Å². The summed E-state index contributed by atoms with van der Waals surface area (Å²) in [6, 6.07) is 47.0. The predicted molar refractivity (Wildman–Crippen MR) is 208 cm³/mol. The molecule has 0 amide bonds. The smallest absolute Gasteiger partial charge is 0.0918 e. The summed E-state index contributed by atoms with van der Waals surface area (Å²) in [5.74, 6) is 0. The number of nitrogens with zero attached hydrogens (tertiary/aromatic N) is 3. The lowest BCUT2D eigenvalue weighted by Gasteiger charge is -2.17. The van der Waals surface area contributed by atoms with Crippen LogP contribution in [0.15, 0.2) is 127 Å². The molecule has 240 valence electrons. The van der Waals surface area contributed by atoms with Gasteiger partial charge in [0.05, 0.1) is 17.1 Å². The van der Waals surface area contributed by atoms with Crippen molar-refractivity contribution in [1.29, 1.82) is 5.26 Å². The first-order valence-electron chi connectivity index (χ1n) is 18.2. The molecule has 50 heavy (non-hydrogen) atoms. The molecule has 0 N–H and O–H groups in total. The van der Waals surface area contributed by atoms with Gasteiger partial charge in [0.1, 0.15) is 0 Å². The topological polar surface area (TPSA) is 33.6 Å². The third-order valence-corrected chi connectivity index (χ3v) is 11.4. The number of benzene rings is 6. The Morgan fingerprint density at radius 1 is 0.500 bits per heavy atom. The van der Waals surface area contributed by atoms with E-state index < -0.39 is 0 Å². The molecule has 0 unspecified atom stereocenters. The summed E-state index contributed by atoms with van der Waals surface area (Å²) in [4.78, 5) is 0. The van der Waals surface area contributed by atoms with Gasteiger partial charge in [-0.1, -0.05) is 72.8 Å². The van der Waals surface area contributed by atoms with E-state index in [0.29, 0.717) is 0 Å². The lowest BCUT2D eigenvalue weighted by atomic mass is 9.93. The molecule has 0 bridgehead atoms. The molecule has 0 spiro atoms. The Hall–Kier alpha value is -5.85. The van der Waals surface area contributed by atoms with E-state index in [0.717, 1.165) is 42.4 Å². The fourth-order valence-corrected chi connectivity index (χ4v) is 9.06. The average molecular weight is 644 g/mol. The van der Waals surface area contributed by atoms with Crippen molar-refractivity contribution in [2.75, 3.05) is 0 Å². The molecule has 6 aromatic carbocycles. The van der Waals surface area contributed by atoms with Crippen LogP contribution in [0.4, 0.5) is 0 Å². The molecular formula is C47H37N3. The second kappa shape index (κ2) is 11.6. The first-order valence-corrected chi connectivity index (χ1v) is 18.2. The zero-order chi connectivity index (χ0) is 33.2. The highest BCUT2D eigenvalue weighted by Gasteiger charge is 2.22. The van der Waals surface area contributed by atoms with Crippen molar-refractivity contribution in [3.63, 3.8) is 0 Å². The quantitative estimate of drug-likeness (QED) is 0.176. The fraction of sp³-hybridized carbons (Fsp3) is 0.170. The minimum atomic E-state index is 0.945. The SMILES string of the molecule is N#CC=C(c1ccc2cc(-n3c4c(c5ccccc53)CCCC4)ccc2c1)c1ccc2cc(-n3c4c(c5ccccc53)CCCC4)ccc2c1. The van der Waals surface area contributed by atoms with E-state index in [-0.39, 0.29) is 0 Å². The van der Waals surface area contributed by atoms with Gasteiger partial charge in [-0.15, -0.1) is 0 Å². The highest BCUT2D eigenvalue weighted by Crippen LogP contribution is 2.38. The minimum Gasteiger partial charge on any atom is -0.313 e. The Balaban J connectivity index is 1.01. The van der Waals surface area contributed by atoms with Crippen LogP contribution < -0.4 is 0 Å². The van der Waals surface area contributed by atoms with Gasteiger partial charge in [0, 0.05) is 39.6 Å². The zero-order valence-corrected chi connectivity index (χ0v) is 28.1. The molecule has 0 fully saturated rings. The van der Waals surface area contributed by atoms with Gasteiger partial charge in [-0.25, -0.2) is 0 Å². The molecule has 0 radical (unpaired) electrons. The van der Waals surface area contributed by atoms with Gasteiger partial charge >= 0.3 is 0 Å². The maximum Gasteiger partial charge on any atom is 0.0918 e. The molecule has 8 aromatic rings. The van der Waals surface area contributed by atoms with Crippen LogP contribution in [0.2, 0.25) is 0 Å². The number of hydrogen-bond donors (Lipinski definition) is 0. The number of nitriles is 1. The van der Waals surface area contributed by atoms with Crippen molar-refractivity contribution in [1.82, 2.24) is 9.13 Å². The number of rotatable bonds is 4. The van der Waals surface area contributed by atoms with E-state index in [2.05, 4.69) is 137 Å². The largest absolute Gasteiger partial charge is 0.313 e. The van der Waals surface area contributed by atoms with Crippen LogP contribution >= 0.6 is 0 Å². The minimum absolute atomic E-state index is 0.945. The molecule has 2 aliphatic carbocycles. The van der Waals surface area contributed by atoms with Crippen LogP contribution in [0.3, 0.4) is 0 Å². The van der Waals surface area contributed by atoms with Crippen molar-refractivity contribution in [2.24, 2.45) is 0 Å². The monoisotopic (exact) mass is 643 g/mol. The van der Waals surface area contributed by atoms with Crippen molar-refractivity contribution >= 4 is 48.9 Å². The number of hydrogen-bond acceptors (Lipinski definition) is 1. The predicted octanol–water partition coefficient (Wildman–Crippen LogP) is 11.6. The molecule has 10 rings (SSSR count). The summed E-state index contributed by atoms with van der Waals surface area (Å²) in [6.07, 6.45) is 11.3. The van der Waals surface area contributed by atoms with E-state index in [4.69, 9.17) is 0 Å². The molecule has 3 nitrogen and oxygen atoms in total. The van der Waals surface area contributed by atoms with Crippen LogP contribution in [0, 0.1) is 11.3 Å². The molecule has 0 saturated heterocycles. The zero-order valence-electron chi connectivity index (χ0n) is 28.1. The summed E-state index contributed by atoms with van der Waals surface area (Å²) in [5.41, 5.74) is 14.1. The number of para-hydroxylation sites is 2. The van der Waals surface area contributed by atoms with Crippen LogP contribution in [-0.2, 0) is 25.7 Å². The number of aromatic nitrogens is 2. The van der Waals surface area contributed by atoms with Crippen LogP contribution in [0.25, 0.3) is 60.3 Å². The van der Waals surface area contributed by atoms with Crippen LogP contribution in [-0.4, -0.2) is 9.13 Å². The van der Waals surface area contributed by atoms with Gasteiger partial charge in [-0.3, -0.25) is 0 Å². The van der Waals surface area contributed by atoms with Gasteiger partial charge in [-0.2, -0.15) is 5.26 Å². The molecular weight excluding hydrogens is 607 g/mol. The van der Waals surface area contributed by atoms with Gasteiger partial charge in [-0.05, 0) is 149 Å². The summed E-state index contributed by atoms with van der Waals surface area (Å²) in [6.45, 7) is 0. The van der Waals surface area contributed by atoms with Gasteiger partial charge in [0.15, 0.2) is 0 Å². The second-order valence-corrected chi connectivity index (χ2v) is 14.1. The molecule has 3 heteroatoms. The van der Waals surface area contributed by atoms with E-state index in [9.17, 15) is 5.26 Å². The normalized spacial score (nSPS) is 14.1. The van der Waals surface area contributed by atoms with Crippen LogP contribution in [0.5, 0.6) is 0 Å². The van der Waals surface area contributed by atoms with Crippen molar-refractivity contribution in [2.45, 2.75) is 51.4 Å². The lowest BCUT2D eigenvalue weighted by molar-refractivity contribution is 0.667. The molecule has 0 saturated carbocycles. The Morgan fingerprint density at radius 3 is 1.44 bits per heavy atom. The number of fused-ring (bicyclic) bond motifs is 8. The first kappa shape index (κ1) is 29.1. The highest BCUT2D eigenvalue weighted by atomic mass is 15.0. The van der Waals surface area contributed by atoms with E-state index >= 15 is 0 Å². The summed E-state index contributed by atoms with van der Waals surface area (Å²) in [5, 5.41) is 17.5. The van der Waals surface area contributed by atoms with E-state index in [1.807, 2.05) is 0 Å². The molecule has 2 aliphatic rings. The van der Waals surface area contributed by atoms with E-state index in [1.165, 1.54) is 103 Å². The van der Waals surface area contributed by atoms with Gasteiger partial charge < -0.3 is 9.13 Å². The molecule has 2 heterocycles. The van der Waals surface area contributed by atoms with Crippen molar-refractivity contribution in [3.05, 3.63) is 161 Å². The Bertz CT molecular complexity index is 2550. The Labute approximate surface area is 292 Å². The number of allylic oxidation sites excluding steroid dienone is 1. The first-order chi connectivity index (χ1) is 24.7.